The van der Waals surface area contributed by atoms with Gasteiger partial charge in [-0.2, -0.15) is 0 Å². The average molecular weight is 349 g/mol. The molecule has 0 unspecified atom stereocenters. The molecule has 3 aromatic carbocycles. The van der Waals surface area contributed by atoms with Gasteiger partial charge < -0.3 is 10.6 Å². The van der Waals surface area contributed by atoms with Crippen molar-refractivity contribution >= 4 is 60.5 Å². The van der Waals surface area contributed by atoms with Crippen molar-refractivity contribution in [2.45, 2.75) is 6.92 Å². The van der Waals surface area contributed by atoms with Gasteiger partial charge in [-0.3, -0.25) is 0 Å². The van der Waals surface area contributed by atoms with E-state index in [9.17, 15) is 0 Å². The summed E-state index contributed by atoms with van der Waals surface area (Å²) in [6.45, 7) is 2.05. The molecule has 4 rings (SSSR count). The van der Waals surface area contributed by atoms with Crippen molar-refractivity contribution in [2.24, 2.45) is 0 Å². The van der Waals surface area contributed by atoms with E-state index in [0.717, 1.165) is 32.0 Å². The lowest BCUT2D eigenvalue weighted by Crippen LogP contribution is -2.19. The molecule has 1 aromatic heterocycles. The zero-order valence-electron chi connectivity index (χ0n) is 13.0. The van der Waals surface area contributed by atoms with E-state index in [-0.39, 0.29) is 0 Å². The summed E-state index contributed by atoms with van der Waals surface area (Å²) in [5, 5.41) is 10.1. The quantitative estimate of drug-likeness (QED) is 0.464. The third kappa shape index (κ3) is 2.84. The highest BCUT2D eigenvalue weighted by atomic mass is 32.1. The standard InChI is InChI=1S/C19H15N3S2/c1-12-6-2-5-9-15(12)20-18(23)22-19-21-17-14-8-4-3-7-13(14)10-11-16(17)24-19/h2-11H,1H3,(H2,20,21,22,23). The van der Waals surface area contributed by atoms with Gasteiger partial charge in [0.2, 0.25) is 0 Å². The third-order valence-electron chi connectivity index (χ3n) is 3.90. The van der Waals surface area contributed by atoms with Crippen LogP contribution in [0.15, 0.2) is 60.7 Å². The van der Waals surface area contributed by atoms with Crippen molar-refractivity contribution in [3.63, 3.8) is 0 Å². The van der Waals surface area contributed by atoms with Crippen molar-refractivity contribution in [1.82, 2.24) is 4.98 Å². The molecule has 3 nitrogen and oxygen atoms in total. The predicted octanol–water partition coefficient (Wildman–Crippen LogP) is 5.57. The maximum Gasteiger partial charge on any atom is 0.190 e. The highest BCUT2D eigenvalue weighted by Gasteiger charge is 2.09. The van der Waals surface area contributed by atoms with E-state index in [1.165, 1.54) is 5.39 Å². The van der Waals surface area contributed by atoms with Crippen molar-refractivity contribution in [3.05, 3.63) is 66.2 Å². The van der Waals surface area contributed by atoms with E-state index in [2.05, 4.69) is 47.9 Å². The molecule has 24 heavy (non-hydrogen) atoms. The number of aromatic nitrogens is 1. The number of nitrogens with zero attached hydrogens (tertiary/aromatic N) is 1. The van der Waals surface area contributed by atoms with Gasteiger partial charge >= 0.3 is 0 Å². The number of aryl methyl sites for hydroxylation is 1. The van der Waals surface area contributed by atoms with Gasteiger partial charge in [0.05, 0.1) is 10.2 Å². The minimum Gasteiger partial charge on any atom is -0.332 e. The summed E-state index contributed by atoms with van der Waals surface area (Å²) in [6.07, 6.45) is 0. The molecule has 0 bridgehead atoms. The van der Waals surface area contributed by atoms with E-state index in [4.69, 9.17) is 17.2 Å². The van der Waals surface area contributed by atoms with Gasteiger partial charge in [-0.25, -0.2) is 4.98 Å². The van der Waals surface area contributed by atoms with Crippen LogP contribution in [0.4, 0.5) is 10.8 Å². The molecule has 1 heterocycles. The van der Waals surface area contributed by atoms with E-state index < -0.39 is 0 Å². The Kier molecular flexibility index (Phi) is 3.88. The van der Waals surface area contributed by atoms with Crippen LogP contribution in [-0.4, -0.2) is 10.1 Å². The first-order valence-electron chi connectivity index (χ1n) is 7.62. The molecule has 0 aliphatic heterocycles. The molecule has 4 aromatic rings. The lowest BCUT2D eigenvalue weighted by molar-refractivity contribution is 1.44. The number of thiocarbonyl (C=S) groups is 1. The number of rotatable bonds is 2. The van der Waals surface area contributed by atoms with Gasteiger partial charge in [0.1, 0.15) is 0 Å². The van der Waals surface area contributed by atoms with E-state index >= 15 is 0 Å². The summed E-state index contributed by atoms with van der Waals surface area (Å²) in [6, 6.07) is 20.6. The molecule has 0 saturated carbocycles. The number of anilines is 2. The number of thiazole rings is 1. The Hall–Kier alpha value is -2.50. The second-order valence-corrected chi connectivity index (χ2v) is 6.99. The Balaban J connectivity index is 1.62. The second kappa shape index (κ2) is 6.19. The summed E-state index contributed by atoms with van der Waals surface area (Å²) < 4.78 is 1.15. The normalized spacial score (nSPS) is 10.9. The Morgan fingerprint density at radius 2 is 1.75 bits per heavy atom. The van der Waals surface area contributed by atoms with Crippen LogP contribution in [0.1, 0.15) is 5.56 Å². The monoisotopic (exact) mass is 349 g/mol. The van der Waals surface area contributed by atoms with Crippen molar-refractivity contribution < 1.29 is 0 Å². The molecule has 5 heteroatoms. The molecule has 2 N–H and O–H groups in total. The molecule has 0 fully saturated rings. The van der Waals surface area contributed by atoms with Crippen molar-refractivity contribution in [2.75, 3.05) is 10.6 Å². The Bertz CT molecular complexity index is 1050. The summed E-state index contributed by atoms with van der Waals surface area (Å²) >= 11 is 7.03. The average Bonchev–Trinajstić information content (AvgIpc) is 3.00. The fourth-order valence-electron chi connectivity index (χ4n) is 2.68. The summed E-state index contributed by atoms with van der Waals surface area (Å²) in [5.74, 6) is 0. The predicted molar refractivity (Wildman–Crippen MR) is 108 cm³/mol. The van der Waals surface area contributed by atoms with Gasteiger partial charge in [-0.1, -0.05) is 59.9 Å². The number of nitrogens with one attached hydrogen (secondary N) is 2. The Labute approximate surface area is 149 Å². The molecule has 0 aliphatic rings. The molecular formula is C19H15N3S2. The van der Waals surface area contributed by atoms with Crippen LogP contribution < -0.4 is 10.6 Å². The van der Waals surface area contributed by atoms with Crippen LogP contribution in [0.5, 0.6) is 0 Å². The highest BCUT2D eigenvalue weighted by molar-refractivity contribution is 7.80. The first-order chi connectivity index (χ1) is 11.7. The smallest absolute Gasteiger partial charge is 0.190 e. The molecule has 0 amide bonds. The number of benzene rings is 3. The molecule has 0 radical (unpaired) electrons. The van der Waals surface area contributed by atoms with Crippen LogP contribution >= 0.6 is 23.6 Å². The van der Waals surface area contributed by atoms with Crippen LogP contribution in [-0.2, 0) is 0 Å². The lowest BCUT2D eigenvalue weighted by atomic mass is 10.1. The van der Waals surface area contributed by atoms with Gasteiger partial charge in [0, 0.05) is 11.1 Å². The first-order valence-corrected chi connectivity index (χ1v) is 8.85. The maximum atomic E-state index is 5.42. The highest BCUT2D eigenvalue weighted by Crippen LogP contribution is 2.31. The fourth-order valence-corrected chi connectivity index (χ4v) is 3.84. The number of para-hydroxylation sites is 1. The minimum atomic E-state index is 0.549. The van der Waals surface area contributed by atoms with Gasteiger partial charge in [0.25, 0.3) is 0 Å². The summed E-state index contributed by atoms with van der Waals surface area (Å²) in [4.78, 5) is 4.72. The van der Waals surface area contributed by atoms with Gasteiger partial charge in [-0.05, 0) is 42.2 Å². The molecule has 118 valence electrons. The summed E-state index contributed by atoms with van der Waals surface area (Å²) in [7, 11) is 0. The van der Waals surface area contributed by atoms with Crippen LogP contribution in [0.2, 0.25) is 0 Å². The molecular weight excluding hydrogens is 334 g/mol. The number of fused-ring (bicyclic) bond motifs is 3. The van der Waals surface area contributed by atoms with Gasteiger partial charge in [0.15, 0.2) is 10.2 Å². The van der Waals surface area contributed by atoms with Crippen LogP contribution in [0.3, 0.4) is 0 Å². The Morgan fingerprint density at radius 1 is 0.958 bits per heavy atom. The molecule has 0 aliphatic carbocycles. The zero-order valence-corrected chi connectivity index (χ0v) is 14.7. The van der Waals surface area contributed by atoms with Crippen molar-refractivity contribution in [1.29, 1.82) is 0 Å². The van der Waals surface area contributed by atoms with Gasteiger partial charge in [-0.15, -0.1) is 0 Å². The maximum absolute atomic E-state index is 5.42. The first kappa shape index (κ1) is 15.1. The van der Waals surface area contributed by atoms with E-state index in [0.29, 0.717) is 5.11 Å². The minimum absolute atomic E-state index is 0.549. The number of hydrogen-bond acceptors (Lipinski definition) is 3. The summed E-state index contributed by atoms with van der Waals surface area (Å²) in [5.41, 5.74) is 3.16. The Morgan fingerprint density at radius 3 is 2.62 bits per heavy atom. The lowest BCUT2D eigenvalue weighted by Gasteiger charge is -2.10. The van der Waals surface area contributed by atoms with Crippen molar-refractivity contribution in [3.8, 4) is 0 Å². The topological polar surface area (TPSA) is 37.0 Å². The number of hydrogen-bond donors (Lipinski definition) is 2. The molecule has 0 atom stereocenters. The largest absolute Gasteiger partial charge is 0.332 e. The van der Waals surface area contributed by atoms with E-state index in [1.807, 2.05) is 30.3 Å². The third-order valence-corrected chi connectivity index (χ3v) is 5.04. The SMILES string of the molecule is Cc1ccccc1NC(=S)Nc1nc2c(ccc3ccccc32)s1. The fraction of sp³-hybridized carbons (Fsp3) is 0.0526. The molecule has 0 spiro atoms. The molecule has 0 saturated heterocycles. The van der Waals surface area contributed by atoms with Crippen LogP contribution in [0.25, 0.3) is 21.0 Å². The van der Waals surface area contributed by atoms with Crippen LogP contribution in [0, 0.1) is 6.92 Å². The van der Waals surface area contributed by atoms with E-state index in [1.54, 1.807) is 11.3 Å². The zero-order chi connectivity index (χ0) is 16.5. The second-order valence-electron chi connectivity index (χ2n) is 5.55.